The summed E-state index contributed by atoms with van der Waals surface area (Å²) in [6, 6.07) is 6.48. The SMILES string of the molecule is CCc1c(C)c2ccc(Br)cc2n1C. The van der Waals surface area contributed by atoms with E-state index in [0.29, 0.717) is 0 Å². The van der Waals surface area contributed by atoms with Gasteiger partial charge in [-0.15, -0.1) is 0 Å². The van der Waals surface area contributed by atoms with Crippen LogP contribution in [0.4, 0.5) is 0 Å². The lowest BCUT2D eigenvalue weighted by Crippen LogP contribution is -1.94. The third-order valence-corrected chi connectivity index (χ3v) is 3.39. The molecule has 0 aliphatic heterocycles. The molecule has 0 aliphatic carbocycles. The van der Waals surface area contributed by atoms with Gasteiger partial charge in [-0.2, -0.15) is 0 Å². The average molecular weight is 252 g/mol. The molecule has 0 N–H and O–H groups in total. The van der Waals surface area contributed by atoms with E-state index in [2.05, 4.69) is 59.6 Å². The van der Waals surface area contributed by atoms with E-state index in [-0.39, 0.29) is 0 Å². The summed E-state index contributed by atoms with van der Waals surface area (Å²) in [6.45, 7) is 4.41. The zero-order valence-electron chi connectivity index (χ0n) is 8.76. The van der Waals surface area contributed by atoms with Crippen LogP contribution < -0.4 is 0 Å². The van der Waals surface area contributed by atoms with E-state index < -0.39 is 0 Å². The van der Waals surface area contributed by atoms with Crippen LogP contribution in [-0.4, -0.2) is 4.57 Å². The van der Waals surface area contributed by atoms with Crippen LogP contribution >= 0.6 is 15.9 Å². The molecule has 0 aliphatic rings. The highest BCUT2D eigenvalue weighted by Gasteiger charge is 2.09. The van der Waals surface area contributed by atoms with Gasteiger partial charge in [-0.05, 0) is 31.0 Å². The summed E-state index contributed by atoms with van der Waals surface area (Å²) in [5, 5.41) is 1.37. The number of halogens is 1. The standard InChI is InChI=1S/C12H14BrN/c1-4-11-8(2)10-6-5-9(13)7-12(10)14(11)3/h5-7H,4H2,1-3H3. The van der Waals surface area contributed by atoms with Crippen molar-refractivity contribution in [3.8, 4) is 0 Å². The Balaban J connectivity index is 2.87. The molecule has 0 saturated carbocycles. The van der Waals surface area contributed by atoms with Crippen molar-refractivity contribution in [2.75, 3.05) is 0 Å². The number of nitrogens with zero attached hydrogens (tertiary/aromatic N) is 1. The summed E-state index contributed by atoms with van der Waals surface area (Å²) in [4.78, 5) is 0. The van der Waals surface area contributed by atoms with Gasteiger partial charge >= 0.3 is 0 Å². The molecule has 0 amide bonds. The van der Waals surface area contributed by atoms with Crippen LogP contribution in [-0.2, 0) is 13.5 Å². The quantitative estimate of drug-likeness (QED) is 0.727. The highest BCUT2D eigenvalue weighted by Crippen LogP contribution is 2.27. The number of hydrogen-bond donors (Lipinski definition) is 0. The van der Waals surface area contributed by atoms with Crippen LogP contribution in [0.15, 0.2) is 22.7 Å². The maximum Gasteiger partial charge on any atom is 0.0493 e. The number of benzene rings is 1. The number of aromatic nitrogens is 1. The van der Waals surface area contributed by atoms with Gasteiger partial charge in [0, 0.05) is 28.1 Å². The maximum absolute atomic E-state index is 3.51. The third-order valence-electron chi connectivity index (χ3n) is 2.90. The zero-order chi connectivity index (χ0) is 10.3. The van der Waals surface area contributed by atoms with Crippen molar-refractivity contribution in [1.82, 2.24) is 4.57 Å². The van der Waals surface area contributed by atoms with E-state index in [9.17, 15) is 0 Å². The van der Waals surface area contributed by atoms with Gasteiger partial charge in [-0.25, -0.2) is 0 Å². The topological polar surface area (TPSA) is 4.93 Å². The second kappa shape index (κ2) is 3.43. The molecule has 2 heteroatoms. The van der Waals surface area contributed by atoms with Crippen molar-refractivity contribution < 1.29 is 0 Å². The Morgan fingerprint density at radius 3 is 2.71 bits per heavy atom. The van der Waals surface area contributed by atoms with Gasteiger partial charge in [-0.1, -0.05) is 28.9 Å². The smallest absolute Gasteiger partial charge is 0.0493 e. The number of fused-ring (bicyclic) bond motifs is 1. The van der Waals surface area contributed by atoms with E-state index in [1.807, 2.05) is 0 Å². The minimum Gasteiger partial charge on any atom is -0.347 e. The molecule has 2 aromatic rings. The second-order valence-corrected chi connectivity index (χ2v) is 4.56. The second-order valence-electron chi connectivity index (χ2n) is 3.65. The monoisotopic (exact) mass is 251 g/mol. The minimum absolute atomic E-state index is 1.09. The van der Waals surface area contributed by atoms with Crippen LogP contribution in [0, 0.1) is 6.92 Å². The molecular weight excluding hydrogens is 238 g/mol. The molecule has 0 fully saturated rings. The first-order valence-electron chi connectivity index (χ1n) is 4.88. The Kier molecular flexibility index (Phi) is 2.40. The summed E-state index contributed by atoms with van der Waals surface area (Å²) >= 11 is 3.51. The Bertz CT molecular complexity index is 483. The molecule has 0 radical (unpaired) electrons. The predicted molar refractivity (Wildman–Crippen MR) is 64.7 cm³/mol. The fourth-order valence-corrected chi connectivity index (χ4v) is 2.50. The van der Waals surface area contributed by atoms with Crippen molar-refractivity contribution >= 4 is 26.8 Å². The van der Waals surface area contributed by atoms with Crippen LogP contribution in [0.25, 0.3) is 10.9 Å². The minimum atomic E-state index is 1.09. The molecule has 0 atom stereocenters. The normalized spacial score (nSPS) is 11.1. The summed E-state index contributed by atoms with van der Waals surface area (Å²) in [5.74, 6) is 0. The molecule has 1 aromatic heterocycles. The largest absolute Gasteiger partial charge is 0.347 e. The zero-order valence-corrected chi connectivity index (χ0v) is 10.4. The molecule has 0 saturated heterocycles. The number of aryl methyl sites for hydroxylation is 2. The Morgan fingerprint density at radius 2 is 2.07 bits per heavy atom. The lowest BCUT2D eigenvalue weighted by atomic mass is 10.1. The fraction of sp³-hybridized carbons (Fsp3) is 0.333. The summed E-state index contributed by atoms with van der Waals surface area (Å²) in [6.07, 6.45) is 1.09. The van der Waals surface area contributed by atoms with Crippen molar-refractivity contribution in [1.29, 1.82) is 0 Å². The Morgan fingerprint density at radius 1 is 1.36 bits per heavy atom. The van der Waals surface area contributed by atoms with E-state index in [0.717, 1.165) is 10.9 Å². The molecule has 14 heavy (non-hydrogen) atoms. The van der Waals surface area contributed by atoms with Crippen molar-refractivity contribution in [2.24, 2.45) is 7.05 Å². The molecule has 0 bridgehead atoms. The molecule has 1 aromatic carbocycles. The molecule has 74 valence electrons. The van der Waals surface area contributed by atoms with Gasteiger partial charge in [0.1, 0.15) is 0 Å². The molecular formula is C12H14BrN. The van der Waals surface area contributed by atoms with Gasteiger partial charge in [0.2, 0.25) is 0 Å². The maximum atomic E-state index is 3.51. The third kappa shape index (κ3) is 1.29. The first-order valence-corrected chi connectivity index (χ1v) is 5.68. The van der Waals surface area contributed by atoms with Crippen molar-refractivity contribution in [3.63, 3.8) is 0 Å². The first kappa shape index (κ1) is 9.78. The number of hydrogen-bond acceptors (Lipinski definition) is 0. The molecule has 2 rings (SSSR count). The number of rotatable bonds is 1. The summed E-state index contributed by atoms with van der Waals surface area (Å²) < 4.78 is 3.43. The lowest BCUT2D eigenvalue weighted by molar-refractivity contribution is 0.857. The van der Waals surface area contributed by atoms with E-state index >= 15 is 0 Å². The van der Waals surface area contributed by atoms with Crippen molar-refractivity contribution in [2.45, 2.75) is 20.3 Å². The highest BCUT2D eigenvalue weighted by atomic mass is 79.9. The van der Waals surface area contributed by atoms with E-state index in [1.54, 1.807) is 0 Å². The predicted octanol–water partition coefficient (Wildman–Crippen LogP) is 3.81. The fourth-order valence-electron chi connectivity index (χ4n) is 2.15. The highest BCUT2D eigenvalue weighted by molar-refractivity contribution is 9.10. The van der Waals surface area contributed by atoms with E-state index in [1.165, 1.54) is 22.2 Å². The van der Waals surface area contributed by atoms with Gasteiger partial charge in [0.15, 0.2) is 0 Å². The Labute approximate surface area is 92.9 Å². The summed E-state index contributed by atoms with van der Waals surface area (Å²) in [7, 11) is 2.14. The summed E-state index contributed by atoms with van der Waals surface area (Å²) in [5.41, 5.74) is 4.16. The Hall–Kier alpha value is -0.760. The average Bonchev–Trinajstić information content (AvgIpc) is 2.39. The van der Waals surface area contributed by atoms with Crippen LogP contribution in [0.3, 0.4) is 0 Å². The molecule has 1 heterocycles. The molecule has 1 nitrogen and oxygen atoms in total. The van der Waals surface area contributed by atoms with E-state index in [4.69, 9.17) is 0 Å². The van der Waals surface area contributed by atoms with Gasteiger partial charge in [0.05, 0.1) is 0 Å². The first-order chi connectivity index (χ1) is 6.65. The molecule has 0 unspecified atom stereocenters. The van der Waals surface area contributed by atoms with Crippen LogP contribution in [0.1, 0.15) is 18.2 Å². The van der Waals surface area contributed by atoms with Crippen LogP contribution in [0.2, 0.25) is 0 Å². The van der Waals surface area contributed by atoms with Crippen molar-refractivity contribution in [3.05, 3.63) is 33.9 Å². The van der Waals surface area contributed by atoms with Gasteiger partial charge in [0.25, 0.3) is 0 Å². The van der Waals surface area contributed by atoms with Gasteiger partial charge < -0.3 is 4.57 Å². The molecule has 0 spiro atoms. The van der Waals surface area contributed by atoms with Crippen LogP contribution in [0.5, 0.6) is 0 Å². The lowest BCUT2D eigenvalue weighted by Gasteiger charge is -2.01. The van der Waals surface area contributed by atoms with Gasteiger partial charge in [-0.3, -0.25) is 0 Å².